The summed E-state index contributed by atoms with van der Waals surface area (Å²) in [6.07, 6.45) is 0. The van der Waals surface area contributed by atoms with Gasteiger partial charge in [0.25, 0.3) is 11.8 Å². The maximum atomic E-state index is 13.4. The van der Waals surface area contributed by atoms with E-state index in [2.05, 4.69) is 15.4 Å². The summed E-state index contributed by atoms with van der Waals surface area (Å²) in [6.45, 7) is 3.03. The van der Waals surface area contributed by atoms with Crippen LogP contribution in [0.4, 0.5) is 0 Å². The van der Waals surface area contributed by atoms with Crippen LogP contribution in [0.1, 0.15) is 20.7 Å². The molecule has 3 fully saturated rings. The molecule has 1 aliphatic carbocycles. The topological polar surface area (TPSA) is 91.4 Å². The van der Waals surface area contributed by atoms with Crippen molar-refractivity contribution in [3.8, 4) is 5.75 Å². The molecule has 3 heterocycles. The fourth-order valence-electron chi connectivity index (χ4n) is 6.61. The highest BCUT2D eigenvalue weighted by Gasteiger charge is 2.59. The molecular weight excluding hydrogens is 442 g/mol. The molecule has 3 aromatic carbocycles. The molecule has 0 bridgehead atoms. The number of aromatic amines is 1. The molecule has 2 amide bonds. The lowest BCUT2D eigenvalue weighted by Crippen LogP contribution is -2.44. The van der Waals surface area contributed by atoms with Crippen molar-refractivity contribution in [2.75, 3.05) is 33.3 Å². The molecule has 1 N–H and O–H groups in total. The molecule has 0 spiro atoms. The van der Waals surface area contributed by atoms with E-state index >= 15 is 0 Å². The molecule has 8 nitrogen and oxygen atoms in total. The molecule has 35 heavy (non-hydrogen) atoms. The second-order valence-corrected chi connectivity index (χ2v) is 10.0. The largest absolute Gasteiger partial charge is 0.496 e. The van der Waals surface area contributed by atoms with Crippen molar-refractivity contribution < 1.29 is 14.3 Å². The lowest BCUT2D eigenvalue weighted by atomic mass is 9.60. The SMILES string of the molecule is COc1cc(C(=O)N2C[C@@H]3[C@H](C2)[C@H]2CN(C(=O)c4ccc5n[nH]nc5c4)C[C@@H]32)cc2ccccc12. The maximum absolute atomic E-state index is 13.4. The van der Waals surface area contributed by atoms with Crippen LogP contribution < -0.4 is 4.74 Å². The summed E-state index contributed by atoms with van der Waals surface area (Å²) < 4.78 is 5.57. The highest BCUT2D eigenvalue weighted by Crippen LogP contribution is 2.54. The molecular formula is C27H25N5O3. The van der Waals surface area contributed by atoms with E-state index in [1.807, 2.05) is 58.3 Å². The number of amides is 2. The first-order chi connectivity index (χ1) is 17.1. The molecule has 2 aliphatic heterocycles. The van der Waals surface area contributed by atoms with Gasteiger partial charge in [0.1, 0.15) is 16.8 Å². The van der Waals surface area contributed by atoms with Crippen molar-refractivity contribution in [2.24, 2.45) is 23.7 Å². The third-order valence-corrected chi connectivity index (χ3v) is 8.35. The standard InChI is InChI=1S/C27H25N5O3/c1-35-25-10-17(8-15-4-2-3-5-18(15)25)27(34)32-13-21-19-11-31(12-20(19)22(21)14-32)26(33)16-6-7-23-24(9-16)29-30-28-23/h2-10,19-22H,11-14H2,1H3,(H,28,29,30)/t19-,20+,21+,22-. The number of nitrogens with one attached hydrogen (secondary N) is 1. The van der Waals surface area contributed by atoms with Crippen molar-refractivity contribution >= 4 is 33.6 Å². The normalized spacial score (nSPS) is 24.9. The number of carbonyl (C=O) groups is 2. The van der Waals surface area contributed by atoms with Gasteiger partial charge < -0.3 is 14.5 Å². The number of rotatable bonds is 3. The van der Waals surface area contributed by atoms with E-state index in [0.717, 1.165) is 48.2 Å². The van der Waals surface area contributed by atoms with E-state index in [9.17, 15) is 9.59 Å². The molecule has 1 aromatic heterocycles. The Morgan fingerprint density at radius 3 is 2.11 bits per heavy atom. The lowest BCUT2D eigenvalue weighted by Gasteiger charge is -2.42. The second-order valence-electron chi connectivity index (χ2n) is 10.0. The zero-order valence-corrected chi connectivity index (χ0v) is 19.3. The Labute approximate surface area is 201 Å². The molecule has 4 atom stereocenters. The molecule has 8 heteroatoms. The number of aromatic nitrogens is 3. The number of hydrogen-bond acceptors (Lipinski definition) is 5. The Hall–Kier alpha value is -3.94. The smallest absolute Gasteiger partial charge is 0.254 e. The van der Waals surface area contributed by atoms with Crippen LogP contribution in [-0.4, -0.2) is 70.3 Å². The van der Waals surface area contributed by atoms with Crippen molar-refractivity contribution in [3.63, 3.8) is 0 Å². The molecule has 2 saturated heterocycles. The third kappa shape index (κ3) is 3.05. The number of benzene rings is 3. The van der Waals surface area contributed by atoms with Crippen LogP contribution in [0.2, 0.25) is 0 Å². The molecule has 0 radical (unpaired) electrons. The molecule has 0 unspecified atom stereocenters. The minimum Gasteiger partial charge on any atom is -0.496 e. The minimum absolute atomic E-state index is 0.0542. The summed E-state index contributed by atoms with van der Waals surface area (Å²) in [5, 5.41) is 12.8. The molecule has 4 aromatic rings. The van der Waals surface area contributed by atoms with Crippen LogP contribution in [0.5, 0.6) is 5.75 Å². The lowest BCUT2D eigenvalue weighted by molar-refractivity contribution is 0.0629. The maximum Gasteiger partial charge on any atom is 0.254 e. The van der Waals surface area contributed by atoms with Crippen LogP contribution in [0.3, 0.4) is 0 Å². The fraction of sp³-hybridized carbons (Fsp3) is 0.333. The van der Waals surface area contributed by atoms with Gasteiger partial charge in [-0.05, 0) is 59.4 Å². The molecule has 176 valence electrons. The van der Waals surface area contributed by atoms with Gasteiger partial charge in [-0.25, -0.2) is 0 Å². The number of hydrogen-bond donors (Lipinski definition) is 1. The van der Waals surface area contributed by atoms with Gasteiger partial charge in [0.2, 0.25) is 0 Å². The zero-order chi connectivity index (χ0) is 23.7. The van der Waals surface area contributed by atoms with Crippen molar-refractivity contribution in [2.45, 2.75) is 0 Å². The summed E-state index contributed by atoms with van der Waals surface area (Å²) in [7, 11) is 1.64. The van der Waals surface area contributed by atoms with Crippen LogP contribution in [0, 0.1) is 23.7 Å². The van der Waals surface area contributed by atoms with Crippen LogP contribution in [0.15, 0.2) is 54.6 Å². The number of H-pyrrole nitrogens is 1. The second kappa shape index (κ2) is 7.53. The van der Waals surface area contributed by atoms with Crippen LogP contribution >= 0.6 is 0 Å². The minimum atomic E-state index is 0.0542. The van der Waals surface area contributed by atoms with Gasteiger partial charge in [-0.3, -0.25) is 9.59 Å². The highest BCUT2D eigenvalue weighted by atomic mass is 16.5. The van der Waals surface area contributed by atoms with Gasteiger partial charge in [0, 0.05) is 42.7 Å². The predicted octanol–water partition coefficient (Wildman–Crippen LogP) is 3.21. The third-order valence-electron chi connectivity index (χ3n) is 8.35. The first-order valence-electron chi connectivity index (χ1n) is 12.1. The summed E-state index contributed by atoms with van der Waals surface area (Å²) in [5.41, 5.74) is 2.78. The van der Waals surface area contributed by atoms with Crippen LogP contribution in [-0.2, 0) is 0 Å². The monoisotopic (exact) mass is 467 g/mol. The van der Waals surface area contributed by atoms with E-state index < -0.39 is 0 Å². The number of ether oxygens (including phenoxy) is 1. The van der Waals surface area contributed by atoms with Crippen LogP contribution in [0.25, 0.3) is 21.8 Å². The van der Waals surface area contributed by atoms with Gasteiger partial charge in [0.15, 0.2) is 0 Å². The van der Waals surface area contributed by atoms with Gasteiger partial charge in [-0.2, -0.15) is 15.4 Å². The Bertz CT molecular complexity index is 1480. The molecule has 1 saturated carbocycles. The fourth-order valence-corrected chi connectivity index (χ4v) is 6.61. The molecule has 7 rings (SSSR count). The Morgan fingerprint density at radius 2 is 1.43 bits per heavy atom. The van der Waals surface area contributed by atoms with E-state index in [0.29, 0.717) is 40.3 Å². The number of carbonyl (C=O) groups excluding carboxylic acids is 2. The number of nitrogens with zero attached hydrogens (tertiary/aromatic N) is 4. The predicted molar refractivity (Wildman–Crippen MR) is 130 cm³/mol. The van der Waals surface area contributed by atoms with Gasteiger partial charge in [-0.1, -0.05) is 24.3 Å². The van der Waals surface area contributed by atoms with Gasteiger partial charge >= 0.3 is 0 Å². The summed E-state index contributed by atoms with van der Waals surface area (Å²) in [6, 6.07) is 17.3. The summed E-state index contributed by atoms with van der Waals surface area (Å²) in [5.74, 6) is 2.69. The van der Waals surface area contributed by atoms with Crippen molar-refractivity contribution in [1.82, 2.24) is 25.2 Å². The zero-order valence-electron chi connectivity index (χ0n) is 19.3. The highest BCUT2D eigenvalue weighted by molar-refractivity contribution is 6.01. The first-order valence-corrected chi connectivity index (χ1v) is 12.1. The average Bonchev–Trinajstić information content (AvgIpc) is 3.61. The Kier molecular flexibility index (Phi) is 4.40. The first kappa shape index (κ1) is 20.4. The average molecular weight is 468 g/mol. The summed E-state index contributed by atoms with van der Waals surface area (Å²) in [4.78, 5) is 30.6. The Morgan fingerprint density at radius 1 is 0.800 bits per heavy atom. The van der Waals surface area contributed by atoms with E-state index in [1.165, 1.54) is 0 Å². The van der Waals surface area contributed by atoms with E-state index in [1.54, 1.807) is 13.2 Å². The van der Waals surface area contributed by atoms with Gasteiger partial charge in [-0.15, -0.1) is 0 Å². The number of likely N-dealkylation sites (tertiary alicyclic amines) is 2. The molecule has 3 aliphatic rings. The Balaban J connectivity index is 1.06. The van der Waals surface area contributed by atoms with E-state index in [4.69, 9.17) is 4.74 Å². The summed E-state index contributed by atoms with van der Waals surface area (Å²) >= 11 is 0. The van der Waals surface area contributed by atoms with E-state index in [-0.39, 0.29) is 11.8 Å². The number of fused-ring (bicyclic) bond motifs is 6. The quantitative estimate of drug-likeness (QED) is 0.500. The van der Waals surface area contributed by atoms with Crippen molar-refractivity contribution in [3.05, 3.63) is 65.7 Å². The van der Waals surface area contributed by atoms with Crippen molar-refractivity contribution in [1.29, 1.82) is 0 Å². The van der Waals surface area contributed by atoms with Gasteiger partial charge in [0.05, 0.1) is 7.11 Å². The number of methoxy groups -OCH3 is 1.